The average molecular weight is 312 g/mol. The molecule has 6 nitrogen and oxygen atoms in total. The first-order valence-electron chi connectivity index (χ1n) is 7.40. The highest BCUT2D eigenvalue weighted by Crippen LogP contribution is 2.47. The number of hydrogen-bond acceptors (Lipinski definition) is 4. The molecule has 21 heavy (non-hydrogen) atoms. The Labute approximate surface area is 127 Å². The fourth-order valence-corrected chi connectivity index (χ4v) is 5.08. The molecule has 2 aliphatic heterocycles. The summed E-state index contributed by atoms with van der Waals surface area (Å²) in [5.74, 6) is -0.587. The lowest BCUT2D eigenvalue weighted by molar-refractivity contribution is -0.141. The van der Waals surface area contributed by atoms with E-state index in [9.17, 15) is 14.4 Å². The van der Waals surface area contributed by atoms with Gasteiger partial charge in [0.2, 0.25) is 11.8 Å². The lowest BCUT2D eigenvalue weighted by Gasteiger charge is -2.30. The maximum Gasteiger partial charge on any atom is 0.306 e. The van der Waals surface area contributed by atoms with E-state index in [1.54, 1.807) is 16.7 Å². The Bertz CT molecular complexity index is 497. The van der Waals surface area contributed by atoms with Crippen LogP contribution in [0.25, 0.3) is 0 Å². The van der Waals surface area contributed by atoms with Crippen LogP contribution in [-0.4, -0.2) is 50.5 Å². The maximum atomic E-state index is 12.4. The molecule has 2 heterocycles. The van der Waals surface area contributed by atoms with E-state index in [-0.39, 0.29) is 28.6 Å². The molecule has 2 saturated heterocycles. The molecule has 1 aliphatic carbocycles. The van der Waals surface area contributed by atoms with E-state index < -0.39 is 12.0 Å². The van der Waals surface area contributed by atoms with Crippen LogP contribution in [0.4, 0.5) is 0 Å². The summed E-state index contributed by atoms with van der Waals surface area (Å²) in [5, 5.41) is 11.9. The second kappa shape index (κ2) is 5.19. The Hall–Kier alpha value is -1.24. The van der Waals surface area contributed by atoms with Crippen molar-refractivity contribution in [3.63, 3.8) is 0 Å². The van der Waals surface area contributed by atoms with Gasteiger partial charge in [0.1, 0.15) is 6.04 Å². The van der Waals surface area contributed by atoms with Gasteiger partial charge in [-0.05, 0) is 32.6 Å². The molecule has 4 atom stereocenters. The van der Waals surface area contributed by atoms with Gasteiger partial charge in [-0.3, -0.25) is 14.4 Å². The molecule has 0 bridgehead atoms. The zero-order valence-electron chi connectivity index (χ0n) is 12.0. The van der Waals surface area contributed by atoms with Crippen molar-refractivity contribution >= 4 is 29.5 Å². The van der Waals surface area contributed by atoms with Crippen molar-refractivity contribution in [2.75, 3.05) is 5.75 Å². The Kier molecular flexibility index (Phi) is 3.63. The molecule has 116 valence electrons. The van der Waals surface area contributed by atoms with Gasteiger partial charge >= 0.3 is 5.97 Å². The monoisotopic (exact) mass is 312 g/mol. The third kappa shape index (κ3) is 2.52. The number of carbonyl (C=O) groups excluding carboxylic acids is 2. The second-order valence-corrected chi connectivity index (χ2v) is 7.82. The highest BCUT2D eigenvalue weighted by atomic mass is 32.2. The maximum absolute atomic E-state index is 12.4. The fourth-order valence-electron chi connectivity index (χ4n) is 3.65. The van der Waals surface area contributed by atoms with Gasteiger partial charge in [-0.1, -0.05) is 0 Å². The van der Waals surface area contributed by atoms with Crippen LogP contribution in [0.5, 0.6) is 0 Å². The number of thioether (sulfide) groups is 1. The predicted octanol–water partition coefficient (Wildman–Crippen LogP) is 0.810. The van der Waals surface area contributed by atoms with Crippen LogP contribution in [-0.2, 0) is 14.4 Å². The van der Waals surface area contributed by atoms with Gasteiger partial charge in [0.15, 0.2) is 0 Å². The van der Waals surface area contributed by atoms with E-state index in [4.69, 9.17) is 5.11 Å². The molecule has 2 N–H and O–H groups in total. The van der Waals surface area contributed by atoms with E-state index >= 15 is 0 Å². The lowest BCUT2D eigenvalue weighted by atomic mass is 10.1. The van der Waals surface area contributed by atoms with Crippen molar-refractivity contribution in [3.05, 3.63) is 0 Å². The molecule has 3 fully saturated rings. The summed E-state index contributed by atoms with van der Waals surface area (Å²) in [6, 6.07) is -0.480. The molecule has 0 aromatic heterocycles. The van der Waals surface area contributed by atoms with Gasteiger partial charge in [0.05, 0.1) is 10.8 Å². The molecule has 0 aromatic carbocycles. The summed E-state index contributed by atoms with van der Waals surface area (Å²) in [6.07, 6.45) is 3.11. The third-order valence-electron chi connectivity index (χ3n) is 4.88. The summed E-state index contributed by atoms with van der Waals surface area (Å²) >= 11 is 1.67. The van der Waals surface area contributed by atoms with Gasteiger partial charge in [-0.15, -0.1) is 11.8 Å². The number of nitrogens with one attached hydrogen (secondary N) is 1. The van der Waals surface area contributed by atoms with E-state index in [1.165, 1.54) is 0 Å². The van der Waals surface area contributed by atoms with Crippen LogP contribution in [0.2, 0.25) is 0 Å². The number of hydrogen-bond donors (Lipinski definition) is 2. The highest BCUT2D eigenvalue weighted by Gasteiger charge is 2.53. The van der Waals surface area contributed by atoms with E-state index in [1.807, 2.05) is 6.92 Å². The fraction of sp³-hybridized carbons (Fsp3) is 0.786. The van der Waals surface area contributed by atoms with E-state index in [2.05, 4.69) is 5.32 Å². The molecule has 7 heteroatoms. The summed E-state index contributed by atoms with van der Waals surface area (Å²) in [4.78, 5) is 36.9. The SMILES string of the molecule is CC12CCC(=O)N1C(C(=O)N[C@H]1CC[C@@H](C(=O)O)C1)CS2. The largest absolute Gasteiger partial charge is 0.481 e. The predicted molar refractivity (Wildman–Crippen MR) is 77.6 cm³/mol. The summed E-state index contributed by atoms with van der Waals surface area (Å²) in [5.41, 5.74) is 0. The average Bonchev–Trinajstić information content (AvgIpc) is 3.07. The summed E-state index contributed by atoms with van der Waals surface area (Å²) in [7, 11) is 0. The van der Waals surface area contributed by atoms with Crippen LogP contribution in [0, 0.1) is 5.92 Å². The molecule has 3 rings (SSSR count). The first-order valence-corrected chi connectivity index (χ1v) is 8.38. The molecule has 0 aromatic rings. The first-order chi connectivity index (χ1) is 9.90. The molecule has 2 amide bonds. The van der Waals surface area contributed by atoms with Gasteiger partial charge in [-0.2, -0.15) is 0 Å². The number of carboxylic acids is 1. The quantitative estimate of drug-likeness (QED) is 0.805. The topological polar surface area (TPSA) is 86.7 Å². The van der Waals surface area contributed by atoms with Gasteiger partial charge < -0.3 is 15.3 Å². The number of rotatable bonds is 3. The summed E-state index contributed by atoms with van der Waals surface area (Å²) in [6.45, 7) is 2.02. The zero-order chi connectivity index (χ0) is 15.2. The third-order valence-corrected chi connectivity index (χ3v) is 6.38. The van der Waals surface area contributed by atoms with Crippen LogP contribution in [0.1, 0.15) is 39.0 Å². The van der Waals surface area contributed by atoms with Crippen molar-refractivity contribution in [2.45, 2.75) is 56.0 Å². The minimum absolute atomic E-state index is 0.0532. The smallest absolute Gasteiger partial charge is 0.306 e. The van der Waals surface area contributed by atoms with Crippen molar-refractivity contribution in [3.8, 4) is 0 Å². The van der Waals surface area contributed by atoms with E-state index in [0.717, 1.165) is 6.42 Å². The first kappa shape index (κ1) is 14.7. The minimum Gasteiger partial charge on any atom is -0.481 e. The van der Waals surface area contributed by atoms with Gasteiger partial charge in [0, 0.05) is 18.2 Å². The molecule has 1 saturated carbocycles. The van der Waals surface area contributed by atoms with Crippen LogP contribution in [0.15, 0.2) is 0 Å². The molecular formula is C14H20N2O4S. The number of amides is 2. The minimum atomic E-state index is -0.787. The van der Waals surface area contributed by atoms with Gasteiger partial charge in [0.25, 0.3) is 0 Å². The standard InChI is InChI=1S/C14H20N2O4S/c1-14-5-4-11(17)16(14)10(7-21-14)12(18)15-9-3-2-8(6-9)13(19)20/h8-10H,2-7H2,1H3,(H,15,18)(H,19,20)/t8-,9+,10?,14?/m1/s1. The molecule has 0 radical (unpaired) electrons. The van der Waals surface area contributed by atoms with Crippen LogP contribution in [0.3, 0.4) is 0 Å². The van der Waals surface area contributed by atoms with Crippen molar-refractivity contribution in [2.24, 2.45) is 5.92 Å². The molecule has 3 aliphatic rings. The Morgan fingerprint density at radius 1 is 1.43 bits per heavy atom. The Balaban J connectivity index is 1.62. The molecular weight excluding hydrogens is 292 g/mol. The van der Waals surface area contributed by atoms with E-state index in [0.29, 0.717) is 31.4 Å². The van der Waals surface area contributed by atoms with Crippen molar-refractivity contribution in [1.29, 1.82) is 0 Å². The number of carbonyl (C=O) groups is 3. The number of nitrogens with zero attached hydrogens (tertiary/aromatic N) is 1. The highest BCUT2D eigenvalue weighted by molar-refractivity contribution is 8.01. The van der Waals surface area contributed by atoms with Gasteiger partial charge in [-0.25, -0.2) is 0 Å². The molecule has 0 spiro atoms. The normalized spacial score (nSPS) is 38.6. The number of carboxylic acid groups (broad SMARTS) is 1. The molecule has 2 unspecified atom stereocenters. The Morgan fingerprint density at radius 2 is 2.19 bits per heavy atom. The lowest BCUT2D eigenvalue weighted by Crippen LogP contribution is -2.51. The van der Waals surface area contributed by atoms with Crippen molar-refractivity contribution < 1.29 is 19.5 Å². The zero-order valence-corrected chi connectivity index (χ0v) is 12.8. The van der Waals surface area contributed by atoms with Crippen LogP contribution >= 0.6 is 11.8 Å². The number of aliphatic carboxylic acids is 1. The second-order valence-electron chi connectivity index (χ2n) is 6.32. The Morgan fingerprint density at radius 3 is 2.86 bits per heavy atom. The van der Waals surface area contributed by atoms with Crippen molar-refractivity contribution in [1.82, 2.24) is 10.2 Å². The number of fused-ring (bicyclic) bond motifs is 1. The summed E-state index contributed by atoms with van der Waals surface area (Å²) < 4.78 is 0. The van der Waals surface area contributed by atoms with Crippen LogP contribution < -0.4 is 5.32 Å².